The van der Waals surface area contributed by atoms with E-state index in [1.807, 2.05) is 7.05 Å². The largest absolute Gasteiger partial charge is 0.492 e. The Hall–Kier alpha value is -1.79. The molecule has 0 aliphatic carbocycles. The molecule has 1 atom stereocenters. The Kier molecular flexibility index (Phi) is 7.18. The Bertz CT molecular complexity index is 633. The lowest BCUT2D eigenvalue weighted by molar-refractivity contribution is 0.0195. The maximum Gasteiger partial charge on any atom is 0.193 e. The molecule has 0 radical (unpaired) electrons. The van der Waals surface area contributed by atoms with Crippen LogP contribution in [0.5, 0.6) is 5.75 Å². The third-order valence-electron chi connectivity index (χ3n) is 5.61. The van der Waals surface area contributed by atoms with Crippen LogP contribution in [0, 0.1) is 0 Å². The molecule has 0 aromatic heterocycles. The number of likely N-dealkylation sites (tertiary alicyclic amines) is 1. The standard InChI is InChI=1S/C22H36N4O2/c1-22(2,3)18-5-7-20(8-6-18)28-14-10-24-21(23-4)26-11-9-19(17-26)25-12-15-27-16-13-25/h5-8,19H,9-17H2,1-4H3,(H,23,24). The highest BCUT2D eigenvalue weighted by atomic mass is 16.5. The average molecular weight is 389 g/mol. The highest BCUT2D eigenvalue weighted by Gasteiger charge is 2.30. The summed E-state index contributed by atoms with van der Waals surface area (Å²) in [6, 6.07) is 9.03. The van der Waals surface area contributed by atoms with Crippen molar-refractivity contribution >= 4 is 5.96 Å². The summed E-state index contributed by atoms with van der Waals surface area (Å²) < 4.78 is 11.4. The third-order valence-corrected chi connectivity index (χ3v) is 5.61. The van der Waals surface area contributed by atoms with Gasteiger partial charge in [-0.05, 0) is 29.5 Å². The third kappa shape index (κ3) is 5.61. The smallest absolute Gasteiger partial charge is 0.193 e. The first-order valence-corrected chi connectivity index (χ1v) is 10.5. The van der Waals surface area contributed by atoms with E-state index >= 15 is 0 Å². The highest BCUT2D eigenvalue weighted by molar-refractivity contribution is 5.80. The molecule has 0 amide bonds. The molecule has 6 heteroatoms. The number of hydrogen-bond acceptors (Lipinski definition) is 4. The zero-order valence-electron chi connectivity index (χ0n) is 17.9. The second-order valence-electron chi connectivity index (χ2n) is 8.63. The molecule has 1 aromatic rings. The van der Waals surface area contributed by atoms with Crippen molar-refractivity contribution in [3.63, 3.8) is 0 Å². The molecule has 0 saturated carbocycles. The minimum absolute atomic E-state index is 0.168. The number of guanidine groups is 1. The summed E-state index contributed by atoms with van der Waals surface area (Å²) in [6.07, 6.45) is 1.19. The lowest BCUT2D eigenvalue weighted by Gasteiger charge is -2.32. The molecule has 0 spiro atoms. The molecule has 1 aromatic carbocycles. The number of hydrogen-bond donors (Lipinski definition) is 1. The fraction of sp³-hybridized carbons (Fsp3) is 0.682. The first kappa shape index (κ1) is 20.9. The van der Waals surface area contributed by atoms with Gasteiger partial charge in [-0.1, -0.05) is 32.9 Å². The highest BCUT2D eigenvalue weighted by Crippen LogP contribution is 2.24. The first-order chi connectivity index (χ1) is 13.5. The fourth-order valence-electron chi connectivity index (χ4n) is 3.89. The predicted octanol–water partition coefficient (Wildman–Crippen LogP) is 2.34. The van der Waals surface area contributed by atoms with Crippen LogP contribution in [0.2, 0.25) is 0 Å². The van der Waals surface area contributed by atoms with Crippen molar-refractivity contribution in [2.75, 3.05) is 59.6 Å². The van der Waals surface area contributed by atoms with E-state index in [1.165, 1.54) is 12.0 Å². The predicted molar refractivity (Wildman–Crippen MR) is 114 cm³/mol. The molecule has 6 nitrogen and oxygen atoms in total. The van der Waals surface area contributed by atoms with Gasteiger partial charge in [0, 0.05) is 39.3 Å². The van der Waals surface area contributed by atoms with Crippen LogP contribution in [0.3, 0.4) is 0 Å². The molecule has 3 rings (SSSR count). The maximum absolute atomic E-state index is 5.89. The maximum atomic E-state index is 5.89. The van der Waals surface area contributed by atoms with E-state index in [9.17, 15) is 0 Å². The van der Waals surface area contributed by atoms with Crippen molar-refractivity contribution in [3.8, 4) is 5.75 Å². The van der Waals surface area contributed by atoms with Crippen molar-refractivity contribution < 1.29 is 9.47 Å². The quantitative estimate of drug-likeness (QED) is 0.477. The summed E-state index contributed by atoms with van der Waals surface area (Å²) in [4.78, 5) is 9.38. The van der Waals surface area contributed by atoms with Crippen LogP contribution in [0.4, 0.5) is 0 Å². The van der Waals surface area contributed by atoms with E-state index in [-0.39, 0.29) is 5.41 Å². The molecular formula is C22H36N4O2. The van der Waals surface area contributed by atoms with Crippen molar-refractivity contribution in [1.29, 1.82) is 0 Å². The Morgan fingerprint density at radius 1 is 1.18 bits per heavy atom. The molecule has 2 aliphatic heterocycles. The molecule has 2 aliphatic rings. The van der Waals surface area contributed by atoms with Gasteiger partial charge in [0.2, 0.25) is 0 Å². The van der Waals surface area contributed by atoms with Crippen LogP contribution < -0.4 is 10.1 Å². The zero-order chi connectivity index (χ0) is 20.0. The average Bonchev–Trinajstić information content (AvgIpc) is 3.18. The van der Waals surface area contributed by atoms with E-state index in [0.29, 0.717) is 12.6 Å². The van der Waals surface area contributed by atoms with E-state index < -0.39 is 0 Å². The van der Waals surface area contributed by atoms with Crippen molar-refractivity contribution in [2.45, 2.75) is 38.6 Å². The van der Waals surface area contributed by atoms with Crippen LogP contribution in [-0.2, 0) is 10.2 Å². The number of aliphatic imine (C=N–C) groups is 1. The van der Waals surface area contributed by atoms with Gasteiger partial charge in [-0.15, -0.1) is 0 Å². The summed E-state index contributed by atoms with van der Waals surface area (Å²) >= 11 is 0. The summed E-state index contributed by atoms with van der Waals surface area (Å²) in [5.74, 6) is 1.89. The number of nitrogens with one attached hydrogen (secondary N) is 1. The lowest BCUT2D eigenvalue weighted by Crippen LogP contribution is -2.47. The Labute approximate surface area is 169 Å². The molecule has 0 bridgehead atoms. The van der Waals surface area contributed by atoms with Gasteiger partial charge in [-0.25, -0.2) is 0 Å². The number of nitrogens with zero attached hydrogens (tertiary/aromatic N) is 3. The summed E-state index contributed by atoms with van der Waals surface area (Å²) in [5.41, 5.74) is 1.49. The van der Waals surface area contributed by atoms with Gasteiger partial charge in [0.1, 0.15) is 12.4 Å². The van der Waals surface area contributed by atoms with Crippen LogP contribution in [0.15, 0.2) is 29.3 Å². The van der Waals surface area contributed by atoms with Gasteiger partial charge < -0.3 is 19.7 Å². The second kappa shape index (κ2) is 9.61. The SMILES string of the molecule is CN=C(NCCOc1ccc(C(C)(C)C)cc1)N1CCC(N2CCOCC2)C1. The Balaban J connectivity index is 1.40. The van der Waals surface area contributed by atoms with Gasteiger partial charge in [0.15, 0.2) is 5.96 Å². The van der Waals surface area contributed by atoms with Crippen LogP contribution in [0.25, 0.3) is 0 Å². The summed E-state index contributed by atoms with van der Waals surface area (Å²) in [7, 11) is 1.86. The van der Waals surface area contributed by atoms with Gasteiger partial charge in [-0.2, -0.15) is 0 Å². The number of benzene rings is 1. The van der Waals surface area contributed by atoms with Crippen LogP contribution in [0.1, 0.15) is 32.8 Å². The Morgan fingerprint density at radius 2 is 1.89 bits per heavy atom. The van der Waals surface area contributed by atoms with E-state index in [4.69, 9.17) is 9.47 Å². The molecule has 156 valence electrons. The molecular weight excluding hydrogens is 352 g/mol. The second-order valence-corrected chi connectivity index (χ2v) is 8.63. The fourth-order valence-corrected chi connectivity index (χ4v) is 3.89. The molecule has 1 unspecified atom stereocenters. The molecule has 2 heterocycles. The van der Waals surface area contributed by atoms with Gasteiger partial charge in [0.25, 0.3) is 0 Å². The van der Waals surface area contributed by atoms with E-state index in [1.54, 1.807) is 0 Å². The van der Waals surface area contributed by atoms with E-state index in [0.717, 1.165) is 57.6 Å². The monoisotopic (exact) mass is 388 g/mol. The normalized spacial score (nSPS) is 21.8. The first-order valence-electron chi connectivity index (χ1n) is 10.5. The minimum atomic E-state index is 0.168. The van der Waals surface area contributed by atoms with Crippen LogP contribution in [-0.4, -0.2) is 81.4 Å². The van der Waals surface area contributed by atoms with Crippen molar-refractivity contribution in [2.24, 2.45) is 4.99 Å². The molecule has 2 fully saturated rings. The van der Waals surface area contributed by atoms with Gasteiger partial charge in [0.05, 0.1) is 19.8 Å². The van der Waals surface area contributed by atoms with Gasteiger partial charge in [-0.3, -0.25) is 9.89 Å². The van der Waals surface area contributed by atoms with Crippen molar-refractivity contribution in [1.82, 2.24) is 15.1 Å². The molecule has 2 saturated heterocycles. The zero-order valence-corrected chi connectivity index (χ0v) is 17.9. The number of ether oxygens (including phenoxy) is 2. The topological polar surface area (TPSA) is 49.3 Å². The molecule has 1 N–H and O–H groups in total. The number of rotatable bonds is 5. The van der Waals surface area contributed by atoms with Gasteiger partial charge >= 0.3 is 0 Å². The van der Waals surface area contributed by atoms with Crippen LogP contribution >= 0.6 is 0 Å². The summed E-state index contributed by atoms with van der Waals surface area (Å²) in [6.45, 7) is 13.9. The minimum Gasteiger partial charge on any atom is -0.492 e. The van der Waals surface area contributed by atoms with E-state index in [2.05, 4.69) is 65.1 Å². The Morgan fingerprint density at radius 3 is 2.54 bits per heavy atom. The molecule has 28 heavy (non-hydrogen) atoms. The van der Waals surface area contributed by atoms with Crippen molar-refractivity contribution in [3.05, 3.63) is 29.8 Å². The number of morpholine rings is 1. The lowest BCUT2D eigenvalue weighted by atomic mass is 9.87. The summed E-state index contributed by atoms with van der Waals surface area (Å²) in [5, 5.41) is 3.45.